The SMILES string of the molecule is CCCc1nc2ccc(Br)cc2c(=O)n1N=Cc1cc(Cl)c(OCC)c(Cl)c1. The minimum absolute atomic E-state index is 0.228. The molecule has 0 saturated carbocycles. The third-order valence-electron chi connectivity index (χ3n) is 3.98. The van der Waals surface area contributed by atoms with Gasteiger partial charge in [-0.15, -0.1) is 0 Å². The Morgan fingerprint density at radius 2 is 1.93 bits per heavy atom. The molecule has 5 nitrogen and oxygen atoms in total. The summed E-state index contributed by atoms with van der Waals surface area (Å²) in [6, 6.07) is 8.81. The highest BCUT2D eigenvalue weighted by molar-refractivity contribution is 9.10. The fraction of sp³-hybridized carbons (Fsp3) is 0.250. The average Bonchev–Trinajstić information content (AvgIpc) is 2.65. The summed E-state index contributed by atoms with van der Waals surface area (Å²) < 4.78 is 7.57. The van der Waals surface area contributed by atoms with Gasteiger partial charge in [-0.2, -0.15) is 9.78 Å². The van der Waals surface area contributed by atoms with Gasteiger partial charge in [0, 0.05) is 10.9 Å². The van der Waals surface area contributed by atoms with Gasteiger partial charge in [0.15, 0.2) is 5.75 Å². The van der Waals surface area contributed by atoms with Crippen LogP contribution >= 0.6 is 39.1 Å². The van der Waals surface area contributed by atoms with Gasteiger partial charge in [-0.1, -0.05) is 46.1 Å². The summed E-state index contributed by atoms with van der Waals surface area (Å²) in [7, 11) is 0. The number of hydrogen-bond donors (Lipinski definition) is 0. The van der Waals surface area contributed by atoms with Gasteiger partial charge in [-0.25, -0.2) is 4.98 Å². The number of aryl methyl sites for hydroxylation is 1. The standard InChI is InChI=1S/C20H18BrCl2N3O2/c1-3-5-18-25-17-7-6-13(21)10-14(17)20(27)26(18)24-11-12-8-15(22)19(28-4-2)16(23)9-12/h6-11H,3-5H2,1-2H3. The molecule has 1 aromatic heterocycles. The number of benzene rings is 2. The zero-order chi connectivity index (χ0) is 20.3. The van der Waals surface area contributed by atoms with Crippen LogP contribution in [0.2, 0.25) is 10.0 Å². The van der Waals surface area contributed by atoms with Crippen LogP contribution in [0.25, 0.3) is 10.9 Å². The molecule has 28 heavy (non-hydrogen) atoms. The molecular formula is C20H18BrCl2N3O2. The first-order valence-corrected chi connectivity index (χ1v) is 10.4. The second-order valence-corrected chi connectivity index (χ2v) is 7.78. The van der Waals surface area contributed by atoms with Crippen molar-refractivity contribution in [2.45, 2.75) is 26.7 Å². The molecule has 0 aliphatic carbocycles. The minimum atomic E-state index is -0.228. The molecule has 0 bridgehead atoms. The molecule has 0 aliphatic rings. The van der Waals surface area contributed by atoms with Gasteiger partial charge in [0.2, 0.25) is 0 Å². The van der Waals surface area contributed by atoms with E-state index in [9.17, 15) is 4.79 Å². The molecule has 0 radical (unpaired) electrons. The lowest BCUT2D eigenvalue weighted by Crippen LogP contribution is -2.22. The van der Waals surface area contributed by atoms with E-state index < -0.39 is 0 Å². The maximum Gasteiger partial charge on any atom is 0.282 e. The van der Waals surface area contributed by atoms with Crippen molar-refractivity contribution in [2.75, 3.05) is 6.61 Å². The van der Waals surface area contributed by atoms with Gasteiger partial charge < -0.3 is 4.74 Å². The summed E-state index contributed by atoms with van der Waals surface area (Å²) >= 11 is 15.9. The van der Waals surface area contributed by atoms with Crippen LogP contribution in [0.3, 0.4) is 0 Å². The predicted octanol–water partition coefficient (Wildman–Crippen LogP) is 5.70. The number of rotatable bonds is 6. The Morgan fingerprint density at radius 3 is 2.57 bits per heavy atom. The first kappa shape index (κ1) is 20.8. The molecule has 0 aliphatic heterocycles. The van der Waals surface area contributed by atoms with Crippen molar-refractivity contribution in [3.05, 3.63) is 66.6 Å². The number of ether oxygens (including phenoxy) is 1. The zero-order valence-corrected chi connectivity index (χ0v) is 18.5. The van der Waals surface area contributed by atoms with Crippen molar-refractivity contribution in [1.82, 2.24) is 9.66 Å². The molecule has 0 spiro atoms. The van der Waals surface area contributed by atoms with Crippen LogP contribution in [0.5, 0.6) is 5.75 Å². The van der Waals surface area contributed by atoms with Crippen molar-refractivity contribution in [1.29, 1.82) is 0 Å². The molecule has 0 fully saturated rings. The largest absolute Gasteiger partial charge is 0.491 e. The first-order valence-electron chi connectivity index (χ1n) is 8.82. The molecule has 146 valence electrons. The highest BCUT2D eigenvalue weighted by Crippen LogP contribution is 2.33. The number of hydrogen-bond acceptors (Lipinski definition) is 4. The summed E-state index contributed by atoms with van der Waals surface area (Å²) in [5, 5.41) is 5.64. The molecule has 2 aromatic carbocycles. The zero-order valence-electron chi connectivity index (χ0n) is 15.4. The Morgan fingerprint density at radius 1 is 1.21 bits per heavy atom. The van der Waals surface area contributed by atoms with Gasteiger partial charge >= 0.3 is 0 Å². The van der Waals surface area contributed by atoms with Crippen molar-refractivity contribution < 1.29 is 4.74 Å². The number of nitrogens with zero attached hydrogens (tertiary/aromatic N) is 3. The van der Waals surface area contributed by atoms with E-state index in [2.05, 4.69) is 26.0 Å². The van der Waals surface area contributed by atoms with Crippen molar-refractivity contribution in [2.24, 2.45) is 5.10 Å². The van der Waals surface area contributed by atoms with Crippen LogP contribution in [0, 0.1) is 0 Å². The third-order valence-corrected chi connectivity index (χ3v) is 5.04. The van der Waals surface area contributed by atoms with E-state index in [0.717, 1.165) is 10.9 Å². The first-order chi connectivity index (χ1) is 13.4. The number of aromatic nitrogens is 2. The van der Waals surface area contributed by atoms with Crippen molar-refractivity contribution >= 4 is 56.2 Å². The van der Waals surface area contributed by atoms with Gasteiger partial charge in [-0.3, -0.25) is 4.79 Å². The topological polar surface area (TPSA) is 56.5 Å². The molecule has 0 N–H and O–H groups in total. The average molecular weight is 483 g/mol. The molecular weight excluding hydrogens is 465 g/mol. The molecule has 1 heterocycles. The maximum absolute atomic E-state index is 13.0. The number of halogens is 3. The quantitative estimate of drug-likeness (QED) is 0.423. The van der Waals surface area contributed by atoms with Crippen LogP contribution < -0.4 is 10.3 Å². The van der Waals surface area contributed by atoms with Crippen LogP contribution in [0.1, 0.15) is 31.7 Å². The Balaban J connectivity index is 2.09. The Bertz CT molecular complexity index is 1090. The summed E-state index contributed by atoms with van der Waals surface area (Å²) in [6.45, 7) is 4.34. The fourth-order valence-corrected chi connectivity index (χ4v) is 3.73. The van der Waals surface area contributed by atoms with Crippen LogP contribution in [-0.4, -0.2) is 22.5 Å². The molecule has 3 rings (SSSR count). The lowest BCUT2D eigenvalue weighted by molar-refractivity contribution is 0.340. The Kier molecular flexibility index (Phi) is 6.75. The van der Waals surface area contributed by atoms with Crippen LogP contribution in [-0.2, 0) is 6.42 Å². The second kappa shape index (κ2) is 9.07. The van der Waals surface area contributed by atoms with E-state index in [-0.39, 0.29) is 5.56 Å². The highest BCUT2D eigenvalue weighted by atomic mass is 79.9. The highest BCUT2D eigenvalue weighted by Gasteiger charge is 2.12. The van der Waals surface area contributed by atoms with E-state index in [1.54, 1.807) is 24.4 Å². The Hall–Kier alpha value is -1.89. The summed E-state index contributed by atoms with van der Waals surface area (Å²) in [4.78, 5) is 17.6. The maximum atomic E-state index is 13.0. The third kappa shape index (κ3) is 4.40. The smallest absolute Gasteiger partial charge is 0.282 e. The van der Waals surface area contributed by atoms with Gasteiger partial charge in [-0.05, 0) is 49.2 Å². The van der Waals surface area contributed by atoms with Crippen LogP contribution in [0.4, 0.5) is 0 Å². The summed E-state index contributed by atoms with van der Waals surface area (Å²) in [5.74, 6) is 1.03. The van der Waals surface area contributed by atoms with E-state index in [0.29, 0.717) is 51.1 Å². The number of fused-ring (bicyclic) bond motifs is 1. The van der Waals surface area contributed by atoms with Gasteiger partial charge in [0.1, 0.15) is 5.82 Å². The normalized spacial score (nSPS) is 11.5. The molecule has 3 aromatic rings. The predicted molar refractivity (Wildman–Crippen MR) is 118 cm³/mol. The van der Waals surface area contributed by atoms with Gasteiger partial charge in [0.05, 0.1) is 33.8 Å². The van der Waals surface area contributed by atoms with Crippen molar-refractivity contribution in [3.63, 3.8) is 0 Å². The van der Waals surface area contributed by atoms with E-state index in [1.807, 2.05) is 26.0 Å². The van der Waals surface area contributed by atoms with E-state index in [4.69, 9.17) is 27.9 Å². The van der Waals surface area contributed by atoms with Gasteiger partial charge in [0.25, 0.3) is 5.56 Å². The summed E-state index contributed by atoms with van der Waals surface area (Å²) in [6.07, 6.45) is 3.01. The molecule has 0 atom stereocenters. The van der Waals surface area contributed by atoms with E-state index >= 15 is 0 Å². The molecule has 8 heteroatoms. The minimum Gasteiger partial charge on any atom is -0.491 e. The fourth-order valence-electron chi connectivity index (χ4n) is 2.76. The van der Waals surface area contributed by atoms with Crippen LogP contribution in [0.15, 0.2) is 44.7 Å². The molecule has 0 unspecified atom stereocenters. The second-order valence-electron chi connectivity index (χ2n) is 6.05. The lowest BCUT2D eigenvalue weighted by Gasteiger charge is -2.10. The van der Waals surface area contributed by atoms with E-state index in [1.165, 1.54) is 4.68 Å². The lowest BCUT2D eigenvalue weighted by atomic mass is 10.2. The Labute approximate surface area is 181 Å². The van der Waals surface area contributed by atoms with Crippen molar-refractivity contribution in [3.8, 4) is 5.75 Å². The monoisotopic (exact) mass is 481 g/mol. The molecule has 0 amide bonds. The molecule has 0 saturated heterocycles. The summed E-state index contributed by atoms with van der Waals surface area (Å²) in [5.41, 5.74) is 1.08.